The molecular weight excluding hydrogens is 534 g/mol. The van der Waals surface area contributed by atoms with Crippen LogP contribution in [0.25, 0.3) is 0 Å². The molecule has 0 aliphatic carbocycles. The first-order valence-corrected chi connectivity index (χ1v) is 14.0. The fourth-order valence-electron chi connectivity index (χ4n) is 3.07. The second kappa shape index (κ2) is 16.2. The molecule has 0 spiro atoms. The third-order valence-corrected chi connectivity index (χ3v) is 6.85. The Hall–Kier alpha value is -3.34. The highest BCUT2D eigenvalue weighted by Gasteiger charge is 2.27. The van der Waals surface area contributed by atoms with Crippen LogP contribution in [0, 0.1) is 11.8 Å². The lowest BCUT2D eigenvalue weighted by Gasteiger charge is -2.24. The predicted molar refractivity (Wildman–Crippen MR) is 152 cm³/mol. The summed E-state index contributed by atoms with van der Waals surface area (Å²) in [7, 11) is 1.27. The highest BCUT2D eigenvalue weighted by molar-refractivity contribution is 5.76. The van der Waals surface area contributed by atoms with Crippen LogP contribution in [-0.4, -0.2) is 61.8 Å². The van der Waals surface area contributed by atoms with Gasteiger partial charge in [-0.1, -0.05) is 40.7 Å². The van der Waals surface area contributed by atoms with E-state index in [9.17, 15) is 19.2 Å². The van der Waals surface area contributed by atoms with Crippen molar-refractivity contribution in [3.05, 3.63) is 23.8 Å². The minimum Gasteiger partial charge on any atom is -0.468 e. The van der Waals surface area contributed by atoms with E-state index in [4.69, 9.17) is 28.4 Å². The van der Waals surface area contributed by atoms with E-state index >= 15 is 0 Å². The summed E-state index contributed by atoms with van der Waals surface area (Å²) < 4.78 is 31.7. The van der Waals surface area contributed by atoms with E-state index in [1.54, 1.807) is 40.7 Å². The molecule has 1 aromatic carbocycles. The average Bonchev–Trinajstić information content (AvgIpc) is 2.89. The third kappa shape index (κ3) is 12.8. The second-order valence-corrected chi connectivity index (χ2v) is 11.4. The fraction of sp³-hybridized carbons (Fsp3) is 0.667. The molecule has 0 radical (unpaired) electrons. The van der Waals surface area contributed by atoms with Gasteiger partial charge in [-0.05, 0) is 70.6 Å². The highest BCUT2D eigenvalue weighted by Crippen LogP contribution is 2.31. The van der Waals surface area contributed by atoms with Crippen molar-refractivity contribution in [2.45, 2.75) is 98.8 Å². The van der Waals surface area contributed by atoms with E-state index in [1.165, 1.54) is 19.2 Å². The van der Waals surface area contributed by atoms with Gasteiger partial charge in [-0.15, -0.1) is 0 Å². The van der Waals surface area contributed by atoms with Crippen molar-refractivity contribution < 1.29 is 47.6 Å². The quantitative estimate of drug-likeness (QED) is 0.120. The lowest BCUT2D eigenvalue weighted by molar-refractivity contribution is -0.149. The van der Waals surface area contributed by atoms with Crippen LogP contribution in [0.1, 0.15) is 80.7 Å². The van der Waals surface area contributed by atoms with Gasteiger partial charge in [-0.25, -0.2) is 9.59 Å². The number of hydrogen-bond donors (Lipinski definition) is 1. The van der Waals surface area contributed by atoms with Crippen molar-refractivity contribution in [3.63, 3.8) is 0 Å². The lowest BCUT2D eigenvalue weighted by atomic mass is 9.99. The number of carbonyl (C=O) groups excluding carboxylic acids is 4. The van der Waals surface area contributed by atoms with E-state index in [0.717, 1.165) is 0 Å². The third-order valence-electron chi connectivity index (χ3n) is 6.85. The zero-order chi connectivity index (χ0) is 31.4. The number of methoxy groups -OCH3 is 1. The van der Waals surface area contributed by atoms with Crippen molar-refractivity contribution in [3.8, 4) is 11.5 Å². The molecule has 11 heteroatoms. The molecule has 0 aliphatic rings. The number of rotatable bonds is 15. The van der Waals surface area contributed by atoms with Crippen molar-refractivity contribution >= 4 is 24.2 Å². The van der Waals surface area contributed by atoms with Gasteiger partial charge < -0.3 is 33.7 Å². The topological polar surface area (TPSA) is 136 Å². The van der Waals surface area contributed by atoms with E-state index in [-0.39, 0.29) is 48.9 Å². The van der Waals surface area contributed by atoms with E-state index in [2.05, 4.69) is 5.32 Å². The van der Waals surface area contributed by atoms with Crippen molar-refractivity contribution in [1.82, 2.24) is 5.32 Å². The van der Waals surface area contributed by atoms with Gasteiger partial charge in [0.1, 0.15) is 23.9 Å². The summed E-state index contributed by atoms with van der Waals surface area (Å²) >= 11 is 0. The Kier molecular flexibility index (Phi) is 14.1. The molecule has 1 aromatic rings. The summed E-state index contributed by atoms with van der Waals surface area (Å²) in [4.78, 5) is 49.6. The summed E-state index contributed by atoms with van der Waals surface area (Å²) in [5.74, 6) is -1.11. The first-order chi connectivity index (χ1) is 19.0. The first kappa shape index (κ1) is 35.7. The molecule has 1 rings (SSSR count). The molecule has 0 saturated heterocycles. The van der Waals surface area contributed by atoms with Crippen LogP contribution in [0.2, 0.25) is 0 Å². The monoisotopic (exact) mass is 581 g/mol. The maximum Gasteiger partial charge on any atom is 0.514 e. The van der Waals surface area contributed by atoms with Crippen LogP contribution in [-0.2, 0) is 35.0 Å². The molecule has 1 N–H and O–H groups in total. The molecule has 0 heterocycles. The van der Waals surface area contributed by atoms with Crippen LogP contribution >= 0.6 is 0 Å². The van der Waals surface area contributed by atoms with E-state index in [1.807, 2.05) is 27.7 Å². The molecule has 2 atom stereocenters. The number of ether oxygens (including phenoxy) is 6. The number of carbonyl (C=O) groups is 4. The van der Waals surface area contributed by atoms with Crippen LogP contribution < -0.4 is 14.8 Å². The molecule has 0 fully saturated rings. The standard InChI is InChI=1S/C30H47NO10/c1-11-29(6,7)40-27(34)38-23-14-13-21(18-24(23)39-28(35)41-30(8,9)12-2)17-22(26(33)36-10)31-15-16-37-25(32)20(5)19(3)4/h13-14,18-20,22,31H,11-12,15-17H2,1-10H3/t20?,22-/m0/s1. The number of esters is 2. The van der Waals surface area contributed by atoms with Crippen molar-refractivity contribution in [2.24, 2.45) is 11.8 Å². The highest BCUT2D eigenvalue weighted by atomic mass is 16.8. The molecular formula is C30H47NO10. The van der Waals surface area contributed by atoms with Gasteiger partial charge in [0.05, 0.1) is 13.0 Å². The Balaban J connectivity index is 3.12. The summed E-state index contributed by atoms with van der Waals surface area (Å²) in [6, 6.07) is 3.72. The summed E-state index contributed by atoms with van der Waals surface area (Å²) in [5, 5.41) is 3.03. The van der Waals surface area contributed by atoms with Gasteiger partial charge in [-0.2, -0.15) is 0 Å². The summed E-state index contributed by atoms with van der Waals surface area (Å²) in [6.07, 6.45) is -0.723. The van der Waals surface area contributed by atoms with Crippen LogP contribution in [0.15, 0.2) is 18.2 Å². The Morgan fingerprint density at radius 1 is 0.829 bits per heavy atom. The zero-order valence-electron chi connectivity index (χ0n) is 26.1. The maximum absolute atomic E-state index is 12.6. The second-order valence-electron chi connectivity index (χ2n) is 11.4. The van der Waals surface area contributed by atoms with Crippen LogP contribution in [0.3, 0.4) is 0 Å². The fourth-order valence-corrected chi connectivity index (χ4v) is 3.07. The number of benzene rings is 1. The molecule has 0 saturated carbocycles. The molecule has 0 aliphatic heterocycles. The summed E-state index contributed by atoms with van der Waals surface area (Å²) in [6.45, 7) is 16.6. The Labute approximate surface area is 243 Å². The van der Waals surface area contributed by atoms with Crippen LogP contribution in [0.4, 0.5) is 9.59 Å². The molecule has 0 amide bonds. The largest absolute Gasteiger partial charge is 0.514 e. The Morgan fingerprint density at radius 3 is 1.85 bits per heavy atom. The van der Waals surface area contributed by atoms with Gasteiger partial charge in [0.15, 0.2) is 11.5 Å². The maximum atomic E-state index is 12.6. The van der Waals surface area contributed by atoms with E-state index in [0.29, 0.717) is 18.4 Å². The van der Waals surface area contributed by atoms with Crippen molar-refractivity contribution in [1.29, 1.82) is 0 Å². The first-order valence-electron chi connectivity index (χ1n) is 14.0. The smallest absolute Gasteiger partial charge is 0.468 e. The van der Waals surface area contributed by atoms with Gasteiger partial charge in [0, 0.05) is 6.54 Å². The molecule has 0 aromatic heterocycles. The molecule has 41 heavy (non-hydrogen) atoms. The molecule has 232 valence electrons. The number of nitrogens with one attached hydrogen (secondary N) is 1. The summed E-state index contributed by atoms with van der Waals surface area (Å²) in [5.41, 5.74) is -0.982. The average molecular weight is 582 g/mol. The molecule has 11 nitrogen and oxygen atoms in total. The normalized spacial score (nSPS) is 13.1. The van der Waals surface area contributed by atoms with Crippen LogP contribution in [0.5, 0.6) is 11.5 Å². The number of hydrogen-bond acceptors (Lipinski definition) is 11. The minimum atomic E-state index is -0.985. The van der Waals surface area contributed by atoms with Gasteiger partial charge >= 0.3 is 24.2 Å². The van der Waals surface area contributed by atoms with Gasteiger partial charge in [-0.3, -0.25) is 9.59 Å². The predicted octanol–water partition coefficient (Wildman–Crippen LogP) is 5.60. The minimum absolute atomic E-state index is 0.0642. The molecule has 1 unspecified atom stereocenters. The lowest BCUT2D eigenvalue weighted by Crippen LogP contribution is -2.41. The van der Waals surface area contributed by atoms with E-state index < -0.39 is 35.5 Å². The SMILES string of the molecule is CCC(C)(C)OC(=O)Oc1ccc(C[C@H](NCCOC(=O)C(C)C(C)C)C(=O)OC)cc1OC(=O)OC(C)(C)CC. The van der Waals surface area contributed by atoms with Gasteiger partial charge in [0.2, 0.25) is 0 Å². The Bertz CT molecular complexity index is 1030. The Morgan fingerprint density at radius 2 is 1.37 bits per heavy atom. The van der Waals surface area contributed by atoms with Gasteiger partial charge in [0.25, 0.3) is 0 Å². The molecule has 0 bridgehead atoms. The van der Waals surface area contributed by atoms with Crippen molar-refractivity contribution in [2.75, 3.05) is 20.3 Å². The zero-order valence-corrected chi connectivity index (χ0v) is 26.1.